The summed E-state index contributed by atoms with van der Waals surface area (Å²) in [6.07, 6.45) is 0.528. The molecule has 1 aromatic carbocycles. The molecule has 0 aromatic heterocycles. The maximum atomic E-state index is 10.7. The molecule has 0 aliphatic rings. The van der Waals surface area contributed by atoms with Gasteiger partial charge in [-0.25, -0.2) is 4.79 Å². The highest BCUT2D eigenvalue weighted by atomic mass is 28.2. The zero-order chi connectivity index (χ0) is 9.52. The molecule has 3 nitrogen and oxygen atoms in total. The number of rotatable bonds is 3. The molecule has 0 radical (unpaired) electrons. The lowest BCUT2D eigenvalue weighted by molar-refractivity contribution is 0.205. The van der Waals surface area contributed by atoms with Gasteiger partial charge in [-0.1, -0.05) is 30.3 Å². The Balaban J connectivity index is 2.24. The number of benzene rings is 1. The van der Waals surface area contributed by atoms with E-state index in [4.69, 9.17) is 0 Å². The van der Waals surface area contributed by atoms with E-state index in [1.54, 1.807) is 0 Å². The topological polar surface area (TPSA) is 38.3 Å². The predicted octanol–water partition coefficient (Wildman–Crippen LogP) is 0.236. The third kappa shape index (κ3) is 3.75. The summed E-state index contributed by atoms with van der Waals surface area (Å²) < 4.78 is 4.58. The molecule has 4 heteroatoms. The molecule has 0 spiro atoms. The van der Waals surface area contributed by atoms with Crippen LogP contribution in [0.15, 0.2) is 30.3 Å². The van der Waals surface area contributed by atoms with E-state index in [1.165, 1.54) is 5.56 Å². The maximum absolute atomic E-state index is 10.7. The van der Waals surface area contributed by atoms with E-state index in [-0.39, 0.29) is 6.09 Å². The molecular formula is C9H13NO2Si. The number of carbonyl (C=O) groups excluding carboxylic acids is 1. The van der Waals surface area contributed by atoms with E-state index in [0.717, 1.165) is 6.42 Å². The first kappa shape index (κ1) is 9.79. The van der Waals surface area contributed by atoms with E-state index in [2.05, 4.69) is 9.74 Å². The van der Waals surface area contributed by atoms with Gasteiger partial charge in [0.2, 0.25) is 10.5 Å². The first-order valence-corrected chi connectivity index (χ1v) is 5.00. The van der Waals surface area contributed by atoms with Crippen molar-refractivity contribution in [3.05, 3.63) is 35.9 Å². The molecule has 0 bridgehead atoms. The van der Waals surface area contributed by atoms with Gasteiger partial charge in [0, 0.05) is 6.54 Å². The lowest BCUT2D eigenvalue weighted by Gasteiger charge is -2.03. The van der Waals surface area contributed by atoms with Crippen molar-refractivity contribution >= 4 is 16.6 Å². The molecule has 0 aliphatic heterocycles. The average molecular weight is 195 g/mol. The average Bonchev–Trinajstić information content (AvgIpc) is 2.19. The van der Waals surface area contributed by atoms with Crippen LogP contribution >= 0.6 is 0 Å². The van der Waals surface area contributed by atoms with Crippen LogP contribution in [0.5, 0.6) is 0 Å². The van der Waals surface area contributed by atoms with Gasteiger partial charge in [-0.3, -0.25) is 0 Å². The van der Waals surface area contributed by atoms with Gasteiger partial charge in [0.25, 0.3) is 0 Å². The van der Waals surface area contributed by atoms with Crippen molar-refractivity contribution in [3.63, 3.8) is 0 Å². The molecule has 1 N–H and O–H groups in total. The standard InChI is InChI=1S/C9H13NO2Si/c11-9(12-13)10-7-6-8-4-2-1-3-5-8/h1-5H,6-7H2,13H3,(H,10,11). The van der Waals surface area contributed by atoms with Crippen LogP contribution in [0.2, 0.25) is 0 Å². The number of hydrogen-bond donors (Lipinski definition) is 1. The van der Waals surface area contributed by atoms with Gasteiger partial charge >= 0.3 is 6.09 Å². The predicted molar refractivity (Wildman–Crippen MR) is 54.6 cm³/mol. The first-order valence-electron chi connectivity index (χ1n) is 4.18. The largest absolute Gasteiger partial charge is 0.513 e. The highest BCUT2D eigenvalue weighted by molar-refractivity contribution is 6.04. The van der Waals surface area contributed by atoms with Crippen molar-refractivity contribution in [2.45, 2.75) is 6.42 Å². The molecule has 70 valence electrons. The third-order valence-electron chi connectivity index (χ3n) is 1.71. The van der Waals surface area contributed by atoms with Crippen molar-refractivity contribution in [2.75, 3.05) is 6.54 Å². The second-order valence-corrected chi connectivity index (χ2v) is 3.06. The van der Waals surface area contributed by atoms with E-state index in [0.29, 0.717) is 17.0 Å². The fraction of sp³-hybridized carbons (Fsp3) is 0.222. The smallest absolute Gasteiger partial charge is 0.392 e. The molecule has 0 atom stereocenters. The van der Waals surface area contributed by atoms with Crippen molar-refractivity contribution in [1.29, 1.82) is 0 Å². The van der Waals surface area contributed by atoms with Gasteiger partial charge in [-0.2, -0.15) is 0 Å². The van der Waals surface area contributed by atoms with E-state index >= 15 is 0 Å². The molecule has 0 saturated carbocycles. The minimum atomic E-state index is -0.317. The van der Waals surface area contributed by atoms with Gasteiger partial charge in [0.15, 0.2) is 0 Å². The number of amides is 1. The zero-order valence-electron chi connectivity index (χ0n) is 7.62. The molecule has 1 aromatic rings. The second kappa shape index (κ2) is 5.37. The molecule has 1 amide bonds. The Hall–Kier alpha value is -1.29. The van der Waals surface area contributed by atoms with Crippen molar-refractivity contribution in [1.82, 2.24) is 5.32 Å². The fourth-order valence-electron chi connectivity index (χ4n) is 1.03. The molecule has 0 fully saturated rings. The van der Waals surface area contributed by atoms with Gasteiger partial charge in [0.05, 0.1) is 0 Å². The van der Waals surface area contributed by atoms with Crippen LogP contribution in [0.1, 0.15) is 5.56 Å². The zero-order valence-corrected chi connectivity index (χ0v) is 9.62. The van der Waals surface area contributed by atoms with E-state index < -0.39 is 0 Å². The van der Waals surface area contributed by atoms with E-state index in [1.807, 2.05) is 30.3 Å². The Morgan fingerprint density at radius 2 is 2.08 bits per heavy atom. The van der Waals surface area contributed by atoms with Crippen LogP contribution in [-0.2, 0) is 10.8 Å². The summed E-state index contributed by atoms with van der Waals surface area (Å²) in [5.41, 5.74) is 1.22. The maximum Gasteiger partial charge on any atom is 0.392 e. The molecule has 0 aliphatic carbocycles. The van der Waals surface area contributed by atoms with Gasteiger partial charge in [0.1, 0.15) is 0 Å². The van der Waals surface area contributed by atoms with Crippen LogP contribution in [-0.4, -0.2) is 23.1 Å². The summed E-state index contributed by atoms with van der Waals surface area (Å²) in [4.78, 5) is 10.7. The molecule has 13 heavy (non-hydrogen) atoms. The monoisotopic (exact) mass is 195 g/mol. The van der Waals surface area contributed by atoms with Crippen LogP contribution in [0.3, 0.4) is 0 Å². The highest BCUT2D eigenvalue weighted by Crippen LogP contribution is 1.97. The first-order chi connectivity index (χ1) is 6.33. The van der Waals surface area contributed by atoms with Gasteiger partial charge in [-0.15, -0.1) is 0 Å². The van der Waals surface area contributed by atoms with Gasteiger partial charge < -0.3 is 9.74 Å². The normalized spacial score (nSPS) is 9.54. The third-order valence-corrected chi connectivity index (χ3v) is 2.08. The number of nitrogens with one attached hydrogen (secondary N) is 1. The molecule has 0 saturated heterocycles. The van der Waals surface area contributed by atoms with Crippen LogP contribution in [0.4, 0.5) is 4.79 Å². The fourth-order valence-corrected chi connectivity index (χ4v) is 1.17. The lowest BCUT2D eigenvalue weighted by atomic mass is 10.1. The second-order valence-electron chi connectivity index (χ2n) is 2.65. The van der Waals surface area contributed by atoms with Crippen molar-refractivity contribution in [3.8, 4) is 0 Å². The molecule has 1 rings (SSSR count). The Morgan fingerprint density at radius 1 is 1.38 bits per heavy atom. The summed E-state index contributed by atoms with van der Waals surface area (Å²) in [5.74, 6) is 0. The summed E-state index contributed by atoms with van der Waals surface area (Å²) in [7, 11) is 0.448. The van der Waals surface area contributed by atoms with E-state index in [9.17, 15) is 4.79 Å². The van der Waals surface area contributed by atoms with Crippen LogP contribution in [0.25, 0.3) is 0 Å². The quantitative estimate of drug-likeness (QED) is 0.701. The highest BCUT2D eigenvalue weighted by Gasteiger charge is 1.96. The Bertz CT molecular complexity index is 264. The molecule has 0 unspecified atom stereocenters. The van der Waals surface area contributed by atoms with Crippen molar-refractivity contribution < 1.29 is 9.22 Å². The SMILES string of the molecule is O=C(NCCc1ccccc1)O[SiH3]. The number of carbonyl (C=O) groups is 1. The van der Waals surface area contributed by atoms with Crippen LogP contribution < -0.4 is 5.32 Å². The van der Waals surface area contributed by atoms with Gasteiger partial charge in [-0.05, 0) is 12.0 Å². The molecule has 0 heterocycles. The lowest BCUT2D eigenvalue weighted by Crippen LogP contribution is -2.25. The number of hydrogen-bond acceptors (Lipinski definition) is 2. The van der Waals surface area contributed by atoms with Crippen molar-refractivity contribution in [2.24, 2.45) is 0 Å². The van der Waals surface area contributed by atoms with Crippen LogP contribution in [0, 0.1) is 0 Å². The Kier molecular flexibility index (Phi) is 4.04. The minimum absolute atomic E-state index is 0.317. The minimum Gasteiger partial charge on any atom is -0.513 e. The summed E-state index contributed by atoms with van der Waals surface area (Å²) in [6.45, 7) is 0.630. The summed E-state index contributed by atoms with van der Waals surface area (Å²) in [6, 6.07) is 10.0. The summed E-state index contributed by atoms with van der Waals surface area (Å²) in [5, 5.41) is 2.65. The Labute approximate surface area is 80.6 Å². The summed E-state index contributed by atoms with van der Waals surface area (Å²) >= 11 is 0. The Morgan fingerprint density at radius 3 is 2.69 bits per heavy atom. The molecular weight excluding hydrogens is 182 g/mol.